The highest BCUT2D eigenvalue weighted by molar-refractivity contribution is 6.33. The number of carbonyl (C=O) groups is 1. The van der Waals surface area contributed by atoms with Gasteiger partial charge in [-0.25, -0.2) is 0 Å². The maximum absolute atomic E-state index is 12.3. The number of carbonyl (C=O) groups excluding carboxylic acids is 1. The highest BCUT2D eigenvalue weighted by Gasteiger charge is 2.24. The lowest BCUT2D eigenvalue weighted by Crippen LogP contribution is -2.39. The first-order chi connectivity index (χ1) is 9.99. The second-order valence-corrected chi connectivity index (χ2v) is 6.02. The molecule has 1 aromatic rings. The average molecular weight is 311 g/mol. The van der Waals surface area contributed by atoms with Gasteiger partial charge >= 0.3 is 0 Å². The van der Waals surface area contributed by atoms with Crippen molar-refractivity contribution >= 4 is 23.2 Å². The fourth-order valence-electron chi connectivity index (χ4n) is 2.75. The minimum absolute atomic E-state index is 0.107. The lowest BCUT2D eigenvalue weighted by molar-refractivity contribution is -0.384. The SMILES string of the molecule is CC1CCCCCC1NC(=O)c1cc([N+](=O)[O-])ccc1Cl. The van der Waals surface area contributed by atoms with Crippen LogP contribution in [0.1, 0.15) is 49.4 Å². The van der Waals surface area contributed by atoms with Gasteiger partial charge in [0, 0.05) is 18.2 Å². The van der Waals surface area contributed by atoms with Crippen molar-refractivity contribution in [2.45, 2.75) is 45.1 Å². The van der Waals surface area contributed by atoms with Crippen molar-refractivity contribution in [3.63, 3.8) is 0 Å². The molecule has 0 saturated heterocycles. The summed E-state index contributed by atoms with van der Waals surface area (Å²) in [6.07, 6.45) is 5.50. The smallest absolute Gasteiger partial charge is 0.270 e. The third-order valence-corrected chi connectivity index (χ3v) is 4.41. The fraction of sp³-hybridized carbons (Fsp3) is 0.533. The number of halogens is 1. The molecular weight excluding hydrogens is 292 g/mol. The molecule has 1 aromatic carbocycles. The zero-order valence-corrected chi connectivity index (χ0v) is 12.7. The summed E-state index contributed by atoms with van der Waals surface area (Å²) >= 11 is 6.00. The largest absolute Gasteiger partial charge is 0.349 e. The molecule has 0 spiro atoms. The Labute approximate surface area is 128 Å². The summed E-state index contributed by atoms with van der Waals surface area (Å²) in [4.78, 5) is 22.6. The van der Waals surface area contributed by atoms with Crippen molar-refractivity contribution in [1.82, 2.24) is 5.32 Å². The Bertz CT molecular complexity index is 548. The van der Waals surface area contributed by atoms with Gasteiger partial charge in [-0.05, 0) is 24.8 Å². The normalized spacial score (nSPS) is 22.4. The van der Waals surface area contributed by atoms with Crippen LogP contribution in [-0.2, 0) is 0 Å². The molecule has 0 aromatic heterocycles. The highest BCUT2D eigenvalue weighted by Crippen LogP contribution is 2.25. The van der Waals surface area contributed by atoms with Gasteiger partial charge in [-0.3, -0.25) is 14.9 Å². The molecular formula is C15H19ClN2O3. The number of benzene rings is 1. The van der Waals surface area contributed by atoms with E-state index < -0.39 is 4.92 Å². The van der Waals surface area contributed by atoms with Gasteiger partial charge in [0.15, 0.2) is 0 Å². The first-order valence-electron chi connectivity index (χ1n) is 7.24. The fourth-order valence-corrected chi connectivity index (χ4v) is 2.96. The summed E-state index contributed by atoms with van der Waals surface area (Å²) in [7, 11) is 0. The molecule has 1 N–H and O–H groups in total. The standard InChI is InChI=1S/C15H19ClN2O3/c1-10-5-3-2-4-6-14(10)17-15(19)12-9-11(18(20)21)7-8-13(12)16/h7-10,14H,2-6H2,1H3,(H,17,19). The van der Waals surface area contributed by atoms with E-state index in [9.17, 15) is 14.9 Å². The van der Waals surface area contributed by atoms with Crippen molar-refractivity contribution in [2.75, 3.05) is 0 Å². The predicted octanol–water partition coefficient (Wildman–Crippen LogP) is 3.95. The molecule has 0 radical (unpaired) electrons. The number of amides is 1. The number of hydrogen-bond acceptors (Lipinski definition) is 3. The predicted molar refractivity (Wildman–Crippen MR) is 81.6 cm³/mol. The van der Waals surface area contributed by atoms with E-state index in [0.29, 0.717) is 5.92 Å². The van der Waals surface area contributed by atoms with E-state index in [4.69, 9.17) is 11.6 Å². The Kier molecular flexibility index (Phi) is 5.17. The molecule has 21 heavy (non-hydrogen) atoms. The number of non-ortho nitro benzene ring substituents is 1. The third-order valence-electron chi connectivity index (χ3n) is 4.08. The first kappa shape index (κ1) is 15.8. The summed E-state index contributed by atoms with van der Waals surface area (Å²) in [6, 6.07) is 4.03. The maximum atomic E-state index is 12.3. The minimum atomic E-state index is -0.526. The molecule has 0 bridgehead atoms. The van der Waals surface area contributed by atoms with Crippen molar-refractivity contribution in [3.05, 3.63) is 38.9 Å². The summed E-state index contributed by atoms with van der Waals surface area (Å²) in [5, 5.41) is 14.0. The van der Waals surface area contributed by atoms with Crippen LogP contribution in [0.25, 0.3) is 0 Å². The van der Waals surface area contributed by atoms with E-state index in [1.165, 1.54) is 31.0 Å². The van der Waals surface area contributed by atoms with Gasteiger partial charge in [0.1, 0.15) is 0 Å². The van der Waals surface area contributed by atoms with Crippen LogP contribution in [0.15, 0.2) is 18.2 Å². The molecule has 114 valence electrons. The van der Waals surface area contributed by atoms with Crippen LogP contribution < -0.4 is 5.32 Å². The summed E-state index contributed by atoms with van der Waals surface area (Å²) in [5.74, 6) is 0.0800. The Morgan fingerprint density at radius 1 is 1.33 bits per heavy atom. The van der Waals surface area contributed by atoms with Crippen LogP contribution in [0.2, 0.25) is 5.02 Å². The van der Waals surface area contributed by atoms with Crippen molar-refractivity contribution in [1.29, 1.82) is 0 Å². The lowest BCUT2D eigenvalue weighted by atomic mass is 9.96. The Morgan fingerprint density at radius 3 is 2.76 bits per heavy atom. The number of nitrogens with one attached hydrogen (secondary N) is 1. The molecule has 5 nitrogen and oxygen atoms in total. The van der Waals surface area contributed by atoms with Gasteiger partial charge in [-0.2, -0.15) is 0 Å². The van der Waals surface area contributed by atoms with E-state index in [1.807, 2.05) is 0 Å². The van der Waals surface area contributed by atoms with Gasteiger partial charge in [0.2, 0.25) is 0 Å². The Balaban J connectivity index is 2.15. The average Bonchev–Trinajstić information content (AvgIpc) is 2.64. The van der Waals surface area contributed by atoms with Crippen LogP contribution in [0.5, 0.6) is 0 Å². The van der Waals surface area contributed by atoms with E-state index in [-0.39, 0.29) is 28.2 Å². The molecule has 2 atom stereocenters. The van der Waals surface area contributed by atoms with Gasteiger partial charge in [0.05, 0.1) is 15.5 Å². The molecule has 1 aliphatic carbocycles. The van der Waals surface area contributed by atoms with Crippen LogP contribution in [0.4, 0.5) is 5.69 Å². The van der Waals surface area contributed by atoms with Gasteiger partial charge in [-0.1, -0.05) is 37.8 Å². The van der Waals surface area contributed by atoms with Crippen LogP contribution in [0.3, 0.4) is 0 Å². The van der Waals surface area contributed by atoms with E-state index in [2.05, 4.69) is 12.2 Å². The van der Waals surface area contributed by atoms with E-state index in [1.54, 1.807) is 0 Å². The number of hydrogen-bond donors (Lipinski definition) is 1. The first-order valence-corrected chi connectivity index (χ1v) is 7.61. The number of nitrogens with zero attached hydrogens (tertiary/aromatic N) is 1. The van der Waals surface area contributed by atoms with Gasteiger partial charge in [-0.15, -0.1) is 0 Å². The molecule has 1 saturated carbocycles. The Morgan fingerprint density at radius 2 is 2.05 bits per heavy atom. The van der Waals surface area contributed by atoms with E-state index >= 15 is 0 Å². The van der Waals surface area contributed by atoms with Crippen LogP contribution in [-0.4, -0.2) is 16.9 Å². The van der Waals surface area contributed by atoms with Crippen molar-refractivity contribution < 1.29 is 9.72 Å². The quantitative estimate of drug-likeness (QED) is 0.522. The summed E-state index contributed by atoms with van der Waals surface area (Å²) < 4.78 is 0. The third kappa shape index (κ3) is 3.94. The molecule has 2 rings (SSSR count). The number of nitro groups is 1. The second-order valence-electron chi connectivity index (χ2n) is 5.62. The highest BCUT2D eigenvalue weighted by atomic mass is 35.5. The molecule has 2 unspecified atom stereocenters. The zero-order valence-electron chi connectivity index (χ0n) is 12.0. The molecule has 1 fully saturated rings. The van der Waals surface area contributed by atoms with Crippen LogP contribution >= 0.6 is 11.6 Å². The Hall–Kier alpha value is -1.62. The minimum Gasteiger partial charge on any atom is -0.349 e. The molecule has 1 amide bonds. The lowest BCUT2D eigenvalue weighted by Gasteiger charge is -2.23. The van der Waals surface area contributed by atoms with Crippen LogP contribution in [0, 0.1) is 16.0 Å². The molecule has 0 heterocycles. The molecule has 1 aliphatic rings. The topological polar surface area (TPSA) is 72.2 Å². The van der Waals surface area contributed by atoms with Crippen molar-refractivity contribution in [3.8, 4) is 0 Å². The van der Waals surface area contributed by atoms with Gasteiger partial charge < -0.3 is 5.32 Å². The number of rotatable bonds is 3. The summed E-state index contributed by atoms with van der Waals surface area (Å²) in [5.41, 5.74) is 0.0424. The maximum Gasteiger partial charge on any atom is 0.270 e. The molecule has 6 heteroatoms. The second kappa shape index (κ2) is 6.89. The summed E-state index contributed by atoms with van der Waals surface area (Å²) in [6.45, 7) is 2.13. The van der Waals surface area contributed by atoms with E-state index in [0.717, 1.165) is 19.3 Å². The monoisotopic (exact) mass is 310 g/mol. The van der Waals surface area contributed by atoms with Gasteiger partial charge in [0.25, 0.3) is 11.6 Å². The zero-order chi connectivity index (χ0) is 15.4. The molecule has 0 aliphatic heterocycles. The number of nitro benzene ring substituents is 1. The van der Waals surface area contributed by atoms with Crippen molar-refractivity contribution in [2.24, 2.45) is 5.92 Å².